The largest absolute Gasteiger partial charge is 0.507 e. The van der Waals surface area contributed by atoms with E-state index in [4.69, 9.17) is 25.8 Å². The second kappa shape index (κ2) is 9.95. The Morgan fingerprint density at radius 1 is 1.03 bits per heavy atom. The van der Waals surface area contributed by atoms with Crippen molar-refractivity contribution in [2.75, 3.05) is 21.3 Å². The van der Waals surface area contributed by atoms with E-state index in [2.05, 4.69) is 10.2 Å². The molecule has 0 saturated heterocycles. The van der Waals surface area contributed by atoms with Crippen molar-refractivity contribution in [1.29, 1.82) is 0 Å². The number of carbonyl (C=O) groups is 1. The maximum atomic E-state index is 13.9. The maximum absolute atomic E-state index is 13.9. The van der Waals surface area contributed by atoms with Crippen LogP contribution in [0.15, 0.2) is 48.5 Å². The summed E-state index contributed by atoms with van der Waals surface area (Å²) in [6, 6.07) is 14.2. The lowest BCUT2D eigenvalue weighted by Gasteiger charge is -2.28. The Bertz CT molecular complexity index is 1500. The van der Waals surface area contributed by atoms with Gasteiger partial charge in [-0.3, -0.25) is 9.89 Å². The quantitative estimate of drug-likeness (QED) is 0.310. The molecule has 2 heterocycles. The molecule has 1 amide bonds. The van der Waals surface area contributed by atoms with E-state index < -0.39 is 6.04 Å². The first-order valence-corrected chi connectivity index (χ1v) is 12.4. The van der Waals surface area contributed by atoms with Gasteiger partial charge in [0, 0.05) is 22.7 Å². The van der Waals surface area contributed by atoms with Crippen molar-refractivity contribution >= 4 is 17.5 Å². The number of aryl methyl sites for hydroxylation is 2. The molecule has 0 saturated carbocycles. The molecule has 0 radical (unpaired) electrons. The fraction of sp³-hybridized carbons (Fsp3) is 0.241. The van der Waals surface area contributed by atoms with E-state index in [9.17, 15) is 9.90 Å². The number of carbonyl (C=O) groups excluding carboxylic acids is 1. The number of aromatic amines is 1. The summed E-state index contributed by atoms with van der Waals surface area (Å²) in [4.78, 5) is 15.6. The molecule has 1 aliphatic heterocycles. The number of benzene rings is 3. The van der Waals surface area contributed by atoms with Gasteiger partial charge in [-0.1, -0.05) is 35.9 Å². The summed E-state index contributed by atoms with van der Waals surface area (Å²) in [7, 11) is 4.63. The van der Waals surface area contributed by atoms with Crippen molar-refractivity contribution in [2.24, 2.45) is 0 Å². The number of halogens is 1. The van der Waals surface area contributed by atoms with Crippen molar-refractivity contribution in [1.82, 2.24) is 15.1 Å². The highest BCUT2D eigenvalue weighted by Gasteiger charge is 2.43. The minimum Gasteiger partial charge on any atom is -0.507 e. The van der Waals surface area contributed by atoms with Crippen molar-refractivity contribution in [3.05, 3.63) is 87.1 Å². The number of H-pyrrole nitrogens is 1. The third-order valence-corrected chi connectivity index (χ3v) is 7.23. The summed E-state index contributed by atoms with van der Waals surface area (Å²) in [6.45, 7) is 4.08. The molecular weight excluding hydrogens is 506 g/mol. The number of nitrogens with one attached hydrogen (secondary N) is 1. The topological polar surface area (TPSA) is 96.9 Å². The molecule has 1 atom stereocenters. The minimum absolute atomic E-state index is 0.0949. The number of ether oxygens (including phenoxy) is 3. The molecular formula is C29H28ClN3O5. The van der Waals surface area contributed by atoms with Gasteiger partial charge >= 0.3 is 0 Å². The molecule has 1 aromatic heterocycles. The summed E-state index contributed by atoms with van der Waals surface area (Å²) in [5, 5.41) is 19.0. The van der Waals surface area contributed by atoms with E-state index in [1.165, 1.54) is 7.11 Å². The van der Waals surface area contributed by atoms with Crippen LogP contribution >= 0.6 is 11.6 Å². The number of fused-ring (bicyclic) bond motifs is 1. The molecule has 2 N–H and O–H groups in total. The number of aromatic hydroxyl groups is 1. The highest BCUT2D eigenvalue weighted by Crippen LogP contribution is 2.49. The Morgan fingerprint density at radius 3 is 2.32 bits per heavy atom. The lowest BCUT2D eigenvalue weighted by Crippen LogP contribution is -2.29. The number of hydrogen-bond donors (Lipinski definition) is 2. The normalized spacial score (nSPS) is 14.5. The molecule has 8 nitrogen and oxygen atoms in total. The molecule has 9 heteroatoms. The van der Waals surface area contributed by atoms with Gasteiger partial charge in [-0.25, -0.2) is 0 Å². The van der Waals surface area contributed by atoms with E-state index in [1.807, 2.05) is 50.2 Å². The molecule has 0 bridgehead atoms. The van der Waals surface area contributed by atoms with Gasteiger partial charge in [0.15, 0.2) is 11.5 Å². The van der Waals surface area contributed by atoms with Gasteiger partial charge in [-0.15, -0.1) is 0 Å². The number of rotatable bonds is 7. The zero-order chi connectivity index (χ0) is 27.1. The van der Waals surface area contributed by atoms with Crippen LogP contribution in [0.4, 0.5) is 0 Å². The molecule has 196 valence electrons. The number of nitrogens with zero attached hydrogens (tertiary/aromatic N) is 2. The maximum Gasteiger partial charge on any atom is 0.273 e. The second-order valence-corrected chi connectivity index (χ2v) is 9.63. The predicted molar refractivity (Wildman–Crippen MR) is 144 cm³/mol. The predicted octanol–water partition coefficient (Wildman–Crippen LogP) is 5.82. The van der Waals surface area contributed by atoms with Crippen molar-refractivity contribution < 1.29 is 24.1 Å². The van der Waals surface area contributed by atoms with Crippen LogP contribution in [0.3, 0.4) is 0 Å². The van der Waals surface area contributed by atoms with Crippen LogP contribution in [-0.4, -0.2) is 47.4 Å². The van der Waals surface area contributed by atoms with E-state index in [0.717, 1.165) is 22.3 Å². The zero-order valence-electron chi connectivity index (χ0n) is 21.8. The van der Waals surface area contributed by atoms with Crippen molar-refractivity contribution in [3.63, 3.8) is 0 Å². The smallest absolute Gasteiger partial charge is 0.273 e. The van der Waals surface area contributed by atoms with Crippen LogP contribution in [0.1, 0.15) is 44.3 Å². The summed E-state index contributed by atoms with van der Waals surface area (Å²) >= 11 is 6.50. The fourth-order valence-corrected chi connectivity index (χ4v) is 5.41. The standard InChI is InChI=1S/C29H28ClN3O5/c1-15-10-16(2)23(20(34)11-15)25-24-26(32-31-25)29(35)33(14-17-8-6-7-9-19(17)30)27(24)18-12-21(36-3)28(38-5)22(13-18)37-4/h6-13,27,34H,14H2,1-5H3,(H,31,32). The molecule has 1 unspecified atom stereocenters. The van der Waals surface area contributed by atoms with Crippen LogP contribution in [0, 0.1) is 13.8 Å². The van der Waals surface area contributed by atoms with Gasteiger partial charge in [0.2, 0.25) is 5.75 Å². The van der Waals surface area contributed by atoms with Crippen LogP contribution in [0.2, 0.25) is 5.02 Å². The lowest BCUT2D eigenvalue weighted by molar-refractivity contribution is 0.0729. The van der Waals surface area contributed by atoms with Crippen molar-refractivity contribution in [3.8, 4) is 34.3 Å². The Labute approximate surface area is 225 Å². The Balaban J connectivity index is 1.76. The first kappa shape index (κ1) is 25.5. The van der Waals surface area contributed by atoms with Gasteiger partial charge < -0.3 is 24.2 Å². The number of methoxy groups -OCH3 is 3. The summed E-state index contributed by atoms with van der Waals surface area (Å²) in [5.41, 5.74) is 5.37. The molecule has 0 spiro atoms. The van der Waals surface area contributed by atoms with E-state index in [0.29, 0.717) is 44.8 Å². The average molecular weight is 534 g/mol. The number of hydrogen-bond acceptors (Lipinski definition) is 6. The molecule has 1 aliphatic rings. The first-order chi connectivity index (χ1) is 18.3. The van der Waals surface area contributed by atoms with Gasteiger partial charge in [0.1, 0.15) is 17.1 Å². The lowest BCUT2D eigenvalue weighted by atomic mass is 9.92. The highest BCUT2D eigenvalue weighted by molar-refractivity contribution is 6.31. The average Bonchev–Trinajstić information content (AvgIpc) is 3.42. The summed E-state index contributed by atoms with van der Waals surface area (Å²) in [6.07, 6.45) is 0. The third-order valence-electron chi connectivity index (χ3n) is 6.86. The SMILES string of the molecule is COc1cc(C2c3c(-c4c(C)cc(C)cc4O)n[nH]c3C(=O)N2Cc2ccccc2Cl)cc(OC)c1OC. The number of phenolic OH excluding ortho intramolecular Hbond substituents is 1. The van der Waals surface area contributed by atoms with E-state index in [1.54, 1.807) is 31.3 Å². The van der Waals surface area contributed by atoms with E-state index in [-0.39, 0.29) is 18.2 Å². The van der Waals surface area contributed by atoms with Crippen LogP contribution < -0.4 is 14.2 Å². The van der Waals surface area contributed by atoms with Gasteiger partial charge in [0.25, 0.3) is 5.91 Å². The zero-order valence-corrected chi connectivity index (χ0v) is 22.5. The van der Waals surface area contributed by atoms with Crippen LogP contribution in [0.25, 0.3) is 11.3 Å². The van der Waals surface area contributed by atoms with Crippen LogP contribution in [-0.2, 0) is 6.54 Å². The molecule has 3 aromatic carbocycles. The number of phenols is 1. The highest BCUT2D eigenvalue weighted by atomic mass is 35.5. The molecule has 5 rings (SSSR count). The van der Waals surface area contributed by atoms with Crippen LogP contribution in [0.5, 0.6) is 23.0 Å². The number of aromatic nitrogens is 2. The number of amides is 1. The van der Waals surface area contributed by atoms with Crippen molar-refractivity contribution in [2.45, 2.75) is 26.4 Å². The monoisotopic (exact) mass is 533 g/mol. The molecule has 0 aliphatic carbocycles. The van der Waals surface area contributed by atoms with E-state index >= 15 is 0 Å². The summed E-state index contributed by atoms with van der Waals surface area (Å²) in [5.74, 6) is 1.22. The molecule has 4 aromatic rings. The van der Waals surface area contributed by atoms with Gasteiger partial charge in [-0.2, -0.15) is 5.10 Å². The van der Waals surface area contributed by atoms with Gasteiger partial charge in [-0.05, 0) is 60.4 Å². The molecule has 38 heavy (non-hydrogen) atoms. The second-order valence-electron chi connectivity index (χ2n) is 9.22. The Hall–Kier alpha value is -4.17. The first-order valence-electron chi connectivity index (χ1n) is 12.0. The fourth-order valence-electron chi connectivity index (χ4n) is 5.22. The van der Waals surface area contributed by atoms with Gasteiger partial charge in [0.05, 0.1) is 27.4 Å². The summed E-state index contributed by atoms with van der Waals surface area (Å²) < 4.78 is 16.8. The Kier molecular flexibility index (Phi) is 6.67. The Morgan fingerprint density at radius 2 is 1.71 bits per heavy atom. The molecule has 0 fully saturated rings. The third kappa shape index (κ3) is 4.11. The minimum atomic E-state index is -0.587.